The molecule has 0 atom stereocenters. The van der Waals surface area contributed by atoms with E-state index >= 15 is 0 Å². The molecule has 0 radical (unpaired) electrons. The monoisotopic (exact) mass is 216 g/mol. The normalized spacial score (nSPS) is 8.00. The van der Waals surface area contributed by atoms with E-state index in [-0.39, 0.29) is 31.9 Å². The molecule has 52 valence electrons. The fraction of sp³-hybridized carbons (Fsp3) is 0. The van der Waals surface area contributed by atoms with Crippen molar-refractivity contribution in [2.75, 3.05) is 0 Å². The Balaban J connectivity index is 0.000000640. The first-order valence-corrected chi connectivity index (χ1v) is 2.27. The number of benzene rings is 1. The molecule has 2 N–H and O–H groups in total. The van der Waals surface area contributed by atoms with Gasteiger partial charge >= 0.3 is 0 Å². The third-order valence-corrected chi connectivity index (χ3v) is 0.882. The molecule has 3 heteroatoms. The quantitative estimate of drug-likeness (QED) is 0.504. The smallest absolute Gasteiger partial charge is 0.157 e. The fourth-order valence-corrected chi connectivity index (χ4v) is 0.464. The van der Waals surface area contributed by atoms with Crippen molar-refractivity contribution < 1.29 is 30.6 Å². The summed E-state index contributed by atoms with van der Waals surface area (Å²) in [6.45, 7) is 0. The van der Waals surface area contributed by atoms with Gasteiger partial charge in [0.25, 0.3) is 0 Å². The Morgan fingerprint density at radius 2 is 1.22 bits per heavy atom. The van der Waals surface area contributed by atoms with Gasteiger partial charge in [-0.25, -0.2) is 0 Å². The van der Waals surface area contributed by atoms with Crippen molar-refractivity contribution in [1.29, 1.82) is 0 Å². The Morgan fingerprint density at radius 3 is 1.44 bits per heavy atom. The summed E-state index contributed by atoms with van der Waals surface area (Å²) < 4.78 is 0. The number of phenols is 2. The maximum atomic E-state index is 8.67. The molecule has 9 heavy (non-hydrogen) atoms. The van der Waals surface area contributed by atoms with Crippen LogP contribution in [-0.4, -0.2) is 10.2 Å². The molecule has 0 aliphatic carbocycles. The molecular formula is C6H6O2Pd. The van der Waals surface area contributed by atoms with Gasteiger partial charge in [0, 0.05) is 20.4 Å². The van der Waals surface area contributed by atoms with Gasteiger partial charge in [-0.15, -0.1) is 0 Å². The maximum absolute atomic E-state index is 8.67. The van der Waals surface area contributed by atoms with Crippen molar-refractivity contribution >= 4 is 0 Å². The zero-order chi connectivity index (χ0) is 5.98. The van der Waals surface area contributed by atoms with Gasteiger partial charge in [0.2, 0.25) is 0 Å². The van der Waals surface area contributed by atoms with E-state index in [1.807, 2.05) is 0 Å². The standard InChI is InChI=1S/C6H6O2.Pd/c7-5-3-1-2-4-6(5)8;/h1-4,7-8H;. The molecule has 0 aliphatic rings. The predicted octanol–water partition coefficient (Wildman–Crippen LogP) is 1.10. The van der Waals surface area contributed by atoms with Crippen LogP contribution in [0.3, 0.4) is 0 Å². The van der Waals surface area contributed by atoms with Gasteiger partial charge in [-0.1, -0.05) is 12.1 Å². The van der Waals surface area contributed by atoms with E-state index in [9.17, 15) is 0 Å². The van der Waals surface area contributed by atoms with Crippen LogP contribution in [0.4, 0.5) is 0 Å². The molecule has 0 heterocycles. The maximum Gasteiger partial charge on any atom is 0.157 e. The Bertz CT molecular complexity index is 167. The van der Waals surface area contributed by atoms with Crippen molar-refractivity contribution in [2.24, 2.45) is 0 Å². The third-order valence-electron chi connectivity index (χ3n) is 0.882. The number of phenolic OH excluding ortho intramolecular Hbond substituents is 2. The van der Waals surface area contributed by atoms with Crippen molar-refractivity contribution in [2.45, 2.75) is 0 Å². The summed E-state index contributed by atoms with van der Waals surface area (Å²) in [6, 6.07) is 6.15. The molecular weight excluding hydrogens is 210 g/mol. The number of hydrogen-bond donors (Lipinski definition) is 2. The Hall–Kier alpha value is -0.518. The van der Waals surface area contributed by atoms with E-state index in [1.54, 1.807) is 12.1 Å². The minimum absolute atomic E-state index is 0. The first-order valence-electron chi connectivity index (χ1n) is 2.27. The molecule has 0 aromatic heterocycles. The molecule has 0 bridgehead atoms. The van der Waals surface area contributed by atoms with Crippen LogP contribution in [0.15, 0.2) is 24.3 Å². The van der Waals surface area contributed by atoms with Crippen molar-refractivity contribution in [3.8, 4) is 11.5 Å². The van der Waals surface area contributed by atoms with Gasteiger partial charge in [-0.05, 0) is 12.1 Å². The molecule has 1 aromatic carbocycles. The molecule has 1 aromatic rings. The van der Waals surface area contributed by atoms with E-state index in [1.165, 1.54) is 12.1 Å². The summed E-state index contributed by atoms with van der Waals surface area (Å²) in [6.07, 6.45) is 0. The van der Waals surface area contributed by atoms with Crippen molar-refractivity contribution in [1.82, 2.24) is 0 Å². The van der Waals surface area contributed by atoms with E-state index in [0.717, 1.165) is 0 Å². The molecule has 0 spiro atoms. The van der Waals surface area contributed by atoms with Crippen LogP contribution in [0.2, 0.25) is 0 Å². The van der Waals surface area contributed by atoms with Crippen LogP contribution in [-0.2, 0) is 20.4 Å². The second-order valence-corrected chi connectivity index (χ2v) is 1.49. The SMILES string of the molecule is Oc1ccccc1O.[Pd]. The molecule has 0 saturated heterocycles. The van der Waals surface area contributed by atoms with Crippen LogP contribution in [0, 0.1) is 0 Å². The van der Waals surface area contributed by atoms with Crippen LogP contribution in [0.1, 0.15) is 0 Å². The average molecular weight is 217 g/mol. The largest absolute Gasteiger partial charge is 0.504 e. The third kappa shape index (κ3) is 2.05. The van der Waals surface area contributed by atoms with E-state index in [4.69, 9.17) is 10.2 Å². The number of para-hydroxylation sites is 2. The first-order chi connectivity index (χ1) is 3.80. The van der Waals surface area contributed by atoms with Gasteiger partial charge in [-0.3, -0.25) is 0 Å². The van der Waals surface area contributed by atoms with Crippen molar-refractivity contribution in [3.05, 3.63) is 24.3 Å². The molecule has 0 amide bonds. The van der Waals surface area contributed by atoms with Crippen LogP contribution in [0.25, 0.3) is 0 Å². The zero-order valence-electron chi connectivity index (χ0n) is 4.52. The summed E-state index contributed by atoms with van der Waals surface area (Å²) in [7, 11) is 0. The molecule has 1 rings (SSSR count). The molecule has 2 nitrogen and oxygen atoms in total. The predicted molar refractivity (Wildman–Crippen MR) is 29.8 cm³/mol. The second-order valence-electron chi connectivity index (χ2n) is 1.49. The van der Waals surface area contributed by atoms with Gasteiger partial charge in [0.05, 0.1) is 0 Å². The number of aromatic hydroxyl groups is 2. The van der Waals surface area contributed by atoms with Gasteiger partial charge in [0.15, 0.2) is 11.5 Å². The minimum atomic E-state index is -0.0764. The average Bonchev–Trinajstić information content (AvgIpc) is 1.77. The fourth-order valence-electron chi connectivity index (χ4n) is 0.464. The van der Waals surface area contributed by atoms with Crippen molar-refractivity contribution in [3.63, 3.8) is 0 Å². The first kappa shape index (κ1) is 8.48. The molecule has 0 aliphatic heterocycles. The van der Waals surface area contributed by atoms with Gasteiger partial charge in [0.1, 0.15) is 0 Å². The summed E-state index contributed by atoms with van der Waals surface area (Å²) in [5, 5.41) is 17.3. The molecule has 0 saturated carbocycles. The minimum Gasteiger partial charge on any atom is -0.504 e. The summed E-state index contributed by atoms with van der Waals surface area (Å²) in [5.74, 6) is -0.153. The molecule has 0 fully saturated rings. The van der Waals surface area contributed by atoms with Crippen LogP contribution in [0.5, 0.6) is 11.5 Å². The van der Waals surface area contributed by atoms with E-state index in [2.05, 4.69) is 0 Å². The Morgan fingerprint density at radius 1 is 0.889 bits per heavy atom. The van der Waals surface area contributed by atoms with E-state index < -0.39 is 0 Å². The summed E-state index contributed by atoms with van der Waals surface area (Å²) >= 11 is 0. The number of rotatable bonds is 0. The Kier molecular flexibility index (Phi) is 3.30. The second kappa shape index (κ2) is 3.50. The molecule has 0 unspecified atom stereocenters. The topological polar surface area (TPSA) is 40.5 Å². The van der Waals surface area contributed by atoms with Crippen LogP contribution >= 0.6 is 0 Å². The number of hydrogen-bond acceptors (Lipinski definition) is 2. The zero-order valence-corrected chi connectivity index (χ0v) is 6.07. The Labute approximate surface area is 66.8 Å². The van der Waals surface area contributed by atoms with Gasteiger partial charge in [-0.2, -0.15) is 0 Å². The van der Waals surface area contributed by atoms with Crippen LogP contribution < -0.4 is 0 Å². The summed E-state index contributed by atoms with van der Waals surface area (Å²) in [5.41, 5.74) is 0. The van der Waals surface area contributed by atoms with Gasteiger partial charge < -0.3 is 10.2 Å². The van der Waals surface area contributed by atoms with E-state index in [0.29, 0.717) is 0 Å². The summed E-state index contributed by atoms with van der Waals surface area (Å²) in [4.78, 5) is 0.